The van der Waals surface area contributed by atoms with Gasteiger partial charge in [0.25, 0.3) is 0 Å². The van der Waals surface area contributed by atoms with Crippen LogP contribution in [-0.4, -0.2) is 62.8 Å². The van der Waals surface area contributed by atoms with E-state index in [1.807, 2.05) is 0 Å². The molecule has 1 aliphatic rings. The maximum atomic E-state index is 5.41. The first-order chi connectivity index (χ1) is 10.6. The first kappa shape index (κ1) is 19.2. The van der Waals surface area contributed by atoms with Crippen LogP contribution in [0.25, 0.3) is 0 Å². The molecule has 0 aromatic rings. The zero-order valence-electron chi connectivity index (χ0n) is 15.1. The molecule has 1 heterocycles. The summed E-state index contributed by atoms with van der Waals surface area (Å²) in [5.74, 6) is 0.892. The van der Waals surface area contributed by atoms with E-state index in [0.717, 1.165) is 25.5 Å². The van der Waals surface area contributed by atoms with Crippen LogP contribution in [0.15, 0.2) is 4.99 Å². The summed E-state index contributed by atoms with van der Waals surface area (Å²) in [6, 6.07) is 0. The van der Waals surface area contributed by atoms with Gasteiger partial charge in [-0.25, -0.2) is 0 Å². The number of hydrogen-bond acceptors (Lipinski definition) is 3. The summed E-state index contributed by atoms with van der Waals surface area (Å²) in [5, 5.41) is 6.73. The normalized spacial score (nSPS) is 18.1. The summed E-state index contributed by atoms with van der Waals surface area (Å²) < 4.78 is 5.41. The second-order valence-electron chi connectivity index (χ2n) is 6.70. The Morgan fingerprint density at radius 3 is 2.41 bits per heavy atom. The summed E-state index contributed by atoms with van der Waals surface area (Å²) in [4.78, 5) is 7.22. The zero-order valence-corrected chi connectivity index (χ0v) is 15.1. The molecule has 1 saturated heterocycles. The molecule has 0 bridgehead atoms. The van der Waals surface area contributed by atoms with Crippen molar-refractivity contribution >= 4 is 5.96 Å². The molecular formula is C17H36N4O. The van der Waals surface area contributed by atoms with Crippen LogP contribution in [0.1, 0.15) is 52.9 Å². The van der Waals surface area contributed by atoms with Crippen molar-refractivity contribution in [3.63, 3.8) is 0 Å². The lowest BCUT2D eigenvalue weighted by Gasteiger charge is -2.22. The predicted molar refractivity (Wildman–Crippen MR) is 94.6 cm³/mol. The molecule has 0 saturated carbocycles. The average Bonchev–Trinajstić information content (AvgIpc) is 2.78. The van der Waals surface area contributed by atoms with E-state index in [9.17, 15) is 0 Å². The van der Waals surface area contributed by atoms with Crippen LogP contribution in [-0.2, 0) is 4.74 Å². The van der Waals surface area contributed by atoms with Gasteiger partial charge in [0.15, 0.2) is 5.96 Å². The number of guanidine groups is 1. The molecule has 5 nitrogen and oxygen atoms in total. The first-order valence-corrected chi connectivity index (χ1v) is 8.87. The van der Waals surface area contributed by atoms with Gasteiger partial charge in [0.05, 0.1) is 12.1 Å². The lowest BCUT2D eigenvalue weighted by atomic mass is 10.1. The SMILES string of the molecule is CCNC(=NCC(C)(C)OC)NCCCN1CCCCCC1. The van der Waals surface area contributed by atoms with Crippen molar-refractivity contribution < 1.29 is 4.74 Å². The maximum absolute atomic E-state index is 5.41. The number of methoxy groups -OCH3 is 1. The molecule has 5 heteroatoms. The standard InChI is InChI=1S/C17H36N4O/c1-5-18-16(20-15-17(2,3)22-4)19-11-10-14-21-12-8-6-7-9-13-21/h5-15H2,1-4H3,(H2,18,19,20). The summed E-state index contributed by atoms with van der Waals surface area (Å²) in [7, 11) is 1.73. The number of nitrogens with one attached hydrogen (secondary N) is 2. The van der Waals surface area contributed by atoms with Gasteiger partial charge < -0.3 is 20.3 Å². The van der Waals surface area contributed by atoms with Crippen LogP contribution in [0.2, 0.25) is 0 Å². The van der Waals surface area contributed by atoms with E-state index in [0.29, 0.717) is 6.54 Å². The van der Waals surface area contributed by atoms with Crippen LogP contribution in [0.3, 0.4) is 0 Å². The van der Waals surface area contributed by atoms with E-state index in [-0.39, 0.29) is 5.60 Å². The van der Waals surface area contributed by atoms with Crippen molar-refractivity contribution in [2.75, 3.05) is 46.4 Å². The van der Waals surface area contributed by atoms with Crippen molar-refractivity contribution in [3.05, 3.63) is 0 Å². The molecular weight excluding hydrogens is 276 g/mol. The number of likely N-dealkylation sites (tertiary alicyclic amines) is 1. The van der Waals surface area contributed by atoms with E-state index in [1.54, 1.807) is 7.11 Å². The second-order valence-corrected chi connectivity index (χ2v) is 6.70. The minimum absolute atomic E-state index is 0.214. The fraction of sp³-hybridized carbons (Fsp3) is 0.941. The number of rotatable bonds is 8. The molecule has 0 radical (unpaired) electrons. The second kappa shape index (κ2) is 10.8. The third kappa shape index (κ3) is 8.59. The van der Waals surface area contributed by atoms with Crippen LogP contribution >= 0.6 is 0 Å². The van der Waals surface area contributed by atoms with Gasteiger partial charge in [-0.2, -0.15) is 0 Å². The van der Waals surface area contributed by atoms with Crippen LogP contribution in [0, 0.1) is 0 Å². The quantitative estimate of drug-likeness (QED) is 0.410. The average molecular weight is 313 g/mol. The first-order valence-electron chi connectivity index (χ1n) is 8.87. The van der Waals surface area contributed by atoms with Gasteiger partial charge in [-0.1, -0.05) is 12.8 Å². The Morgan fingerprint density at radius 1 is 1.14 bits per heavy atom. The van der Waals surface area contributed by atoms with Gasteiger partial charge in [0.2, 0.25) is 0 Å². The molecule has 0 unspecified atom stereocenters. The lowest BCUT2D eigenvalue weighted by molar-refractivity contribution is 0.0310. The highest BCUT2D eigenvalue weighted by Crippen LogP contribution is 2.09. The molecule has 0 amide bonds. The predicted octanol–water partition coefficient (Wildman–Crippen LogP) is 2.23. The Hall–Kier alpha value is -0.810. The smallest absolute Gasteiger partial charge is 0.191 e. The van der Waals surface area contributed by atoms with Gasteiger partial charge in [0.1, 0.15) is 0 Å². The van der Waals surface area contributed by atoms with E-state index >= 15 is 0 Å². The number of aliphatic imine (C=N–C) groups is 1. The van der Waals surface area contributed by atoms with Gasteiger partial charge in [-0.05, 0) is 59.7 Å². The molecule has 0 aromatic carbocycles. The molecule has 2 N–H and O–H groups in total. The van der Waals surface area contributed by atoms with Crippen molar-refractivity contribution in [2.45, 2.75) is 58.5 Å². The van der Waals surface area contributed by atoms with Crippen molar-refractivity contribution in [2.24, 2.45) is 4.99 Å². The summed E-state index contributed by atoms with van der Waals surface area (Å²) in [6.07, 6.45) is 6.70. The van der Waals surface area contributed by atoms with Crippen LogP contribution in [0.4, 0.5) is 0 Å². The molecule has 1 aliphatic heterocycles. The molecule has 1 fully saturated rings. The van der Waals surface area contributed by atoms with Crippen molar-refractivity contribution in [3.8, 4) is 0 Å². The minimum atomic E-state index is -0.214. The number of nitrogens with zero attached hydrogens (tertiary/aromatic N) is 2. The third-order valence-electron chi connectivity index (χ3n) is 4.16. The van der Waals surface area contributed by atoms with E-state index < -0.39 is 0 Å². The number of hydrogen-bond donors (Lipinski definition) is 2. The van der Waals surface area contributed by atoms with Gasteiger partial charge >= 0.3 is 0 Å². The highest BCUT2D eigenvalue weighted by Gasteiger charge is 2.15. The minimum Gasteiger partial charge on any atom is -0.377 e. The fourth-order valence-corrected chi connectivity index (χ4v) is 2.54. The van der Waals surface area contributed by atoms with Crippen molar-refractivity contribution in [1.82, 2.24) is 15.5 Å². The van der Waals surface area contributed by atoms with E-state index in [4.69, 9.17) is 4.74 Å². The molecule has 0 aromatic heterocycles. The van der Waals surface area contributed by atoms with E-state index in [1.165, 1.54) is 45.3 Å². The maximum Gasteiger partial charge on any atom is 0.191 e. The molecule has 0 atom stereocenters. The largest absolute Gasteiger partial charge is 0.377 e. The summed E-state index contributed by atoms with van der Waals surface area (Å²) in [6.45, 7) is 12.4. The third-order valence-corrected chi connectivity index (χ3v) is 4.16. The molecule has 22 heavy (non-hydrogen) atoms. The Labute approximate surface area is 136 Å². The van der Waals surface area contributed by atoms with Gasteiger partial charge in [0, 0.05) is 20.2 Å². The molecule has 1 rings (SSSR count). The molecule has 130 valence electrons. The monoisotopic (exact) mass is 312 g/mol. The lowest BCUT2D eigenvalue weighted by Crippen LogP contribution is -2.40. The van der Waals surface area contributed by atoms with Gasteiger partial charge in [-0.15, -0.1) is 0 Å². The summed E-state index contributed by atoms with van der Waals surface area (Å²) in [5.41, 5.74) is -0.214. The van der Waals surface area contributed by atoms with Gasteiger partial charge in [-0.3, -0.25) is 4.99 Å². The zero-order chi connectivity index (χ0) is 16.3. The molecule has 0 aliphatic carbocycles. The van der Waals surface area contributed by atoms with Crippen molar-refractivity contribution in [1.29, 1.82) is 0 Å². The highest BCUT2D eigenvalue weighted by molar-refractivity contribution is 5.79. The fourth-order valence-electron chi connectivity index (χ4n) is 2.54. The molecule has 0 spiro atoms. The highest BCUT2D eigenvalue weighted by atomic mass is 16.5. The Morgan fingerprint density at radius 2 is 1.82 bits per heavy atom. The topological polar surface area (TPSA) is 48.9 Å². The Balaban J connectivity index is 2.26. The van der Waals surface area contributed by atoms with Crippen LogP contribution in [0.5, 0.6) is 0 Å². The summed E-state index contributed by atoms with van der Waals surface area (Å²) >= 11 is 0. The Bertz CT molecular complexity index is 310. The Kier molecular flexibility index (Phi) is 9.48. The van der Waals surface area contributed by atoms with Crippen LogP contribution < -0.4 is 10.6 Å². The number of ether oxygens (including phenoxy) is 1. The van der Waals surface area contributed by atoms with E-state index in [2.05, 4.69) is 41.3 Å².